The summed E-state index contributed by atoms with van der Waals surface area (Å²) in [6.07, 6.45) is 5.20. The molecule has 0 radical (unpaired) electrons. The van der Waals surface area contributed by atoms with Crippen molar-refractivity contribution in [3.05, 3.63) is 0 Å². The topological polar surface area (TPSA) is 26.3 Å². The van der Waals surface area contributed by atoms with Crippen LogP contribution >= 0.6 is 0 Å². The molecule has 0 aromatic heterocycles. The molecular weight excluding hydrogens is 164 g/mol. The van der Waals surface area contributed by atoms with Crippen molar-refractivity contribution in [2.75, 3.05) is 0 Å². The lowest BCUT2D eigenvalue weighted by Gasteiger charge is -2.34. The van der Waals surface area contributed by atoms with Gasteiger partial charge >= 0.3 is 5.97 Å². The maximum atomic E-state index is 11.1. The summed E-state index contributed by atoms with van der Waals surface area (Å²) in [7, 11) is 0. The van der Waals surface area contributed by atoms with Crippen LogP contribution in [0.1, 0.15) is 52.9 Å². The van der Waals surface area contributed by atoms with E-state index in [0.29, 0.717) is 11.8 Å². The van der Waals surface area contributed by atoms with E-state index in [1.165, 1.54) is 12.8 Å². The number of hydrogen-bond donors (Lipinski definition) is 0. The highest BCUT2D eigenvalue weighted by molar-refractivity contribution is 5.69. The number of ether oxygens (including phenoxy) is 1. The molecule has 0 spiro atoms. The van der Waals surface area contributed by atoms with Gasteiger partial charge in [-0.2, -0.15) is 0 Å². The summed E-state index contributed by atoms with van der Waals surface area (Å²) in [6.45, 7) is 6.34. The first-order valence-corrected chi connectivity index (χ1v) is 5.23. The number of carbonyl (C=O) groups excluding carboxylic acids is 1. The molecule has 1 aliphatic carbocycles. The second kappa shape index (κ2) is 4.12. The SMILES string of the molecule is CCC(=O)OC1CCCC(C)(C)C1. The summed E-state index contributed by atoms with van der Waals surface area (Å²) in [6, 6.07) is 0. The lowest BCUT2D eigenvalue weighted by atomic mass is 9.76. The molecule has 13 heavy (non-hydrogen) atoms. The largest absolute Gasteiger partial charge is 0.462 e. The molecule has 1 atom stereocenters. The molecule has 0 aromatic carbocycles. The van der Waals surface area contributed by atoms with Crippen LogP contribution in [0.3, 0.4) is 0 Å². The van der Waals surface area contributed by atoms with Gasteiger partial charge in [0, 0.05) is 6.42 Å². The van der Waals surface area contributed by atoms with Gasteiger partial charge in [-0.05, 0) is 31.1 Å². The monoisotopic (exact) mass is 184 g/mol. The minimum atomic E-state index is -0.0531. The van der Waals surface area contributed by atoms with Crippen LogP contribution in [0.5, 0.6) is 0 Å². The number of hydrogen-bond acceptors (Lipinski definition) is 2. The van der Waals surface area contributed by atoms with Gasteiger partial charge in [-0.25, -0.2) is 0 Å². The van der Waals surface area contributed by atoms with Crippen LogP contribution in [0.25, 0.3) is 0 Å². The molecule has 1 fully saturated rings. The standard InChI is InChI=1S/C11H20O2/c1-4-10(12)13-9-6-5-7-11(2,3)8-9/h9H,4-8H2,1-3H3. The molecule has 2 nitrogen and oxygen atoms in total. The minimum Gasteiger partial charge on any atom is -0.462 e. The van der Waals surface area contributed by atoms with Gasteiger partial charge in [0.1, 0.15) is 6.10 Å². The van der Waals surface area contributed by atoms with Gasteiger partial charge in [-0.15, -0.1) is 0 Å². The summed E-state index contributed by atoms with van der Waals surface area (Å²) in [4.78, 5) is 11.1. The molecule has 0 saturated heterocycles. The van der Waals surface area contributed by atoms with E-state index in [2.05, 4.69) is 13.8 Å². The van der Waals surface area contributed by atoms with E-state index in [1.807, 2.05) is 6.92 Å². The van der Waals surface area contributed by atoms with E-state index in [0.717, 1.165) is 12.8 Å². The van der Waals surface area contributed by atoms with E-state index in [-0.39, 0.29) is 12.1 Å². The van der Waals surface area contributed by atoms with Crippen LogP contribution in [-0.4, -0.2) is 12.1 Å². The molecular formula is C11H20O2. The van der Waals surface area contributed by atoms with Crippen molar-refractivity contribution in [2.24, 2.45) is 5.41 Å². The van der Waals surface area contributed by atoms with Crippen LogP contribution in [0.15, 0.2) is 0 Å². The van der Waals surface area contributed by atoms with E-state index >= 15 is 0 Å². The Balaban J connectivity index is 2.39. The Labute approximate surface area is 80.7 Å². The predicted molar refractivity (Wildman–Crippen MR) is 52.4 cm³/mol. The molecule has 1 rings (SSSR count). The molecule has 76 valence electrons. The molecule has 1 aliphatic rings. The van der Waals surface area contributed by atoms with Crippen molar-refractivity contribution in [2.45, 2.75) is 59.0 Å². The summed E-state index contributed by atoms with van der Waals surface area (Å²) in [5, 5.41) is 0. The zero-order chi connectivity index (χ0) is 9.90. The third-order valence-corrected chi connectivity index (χ3v) is 2.75. The fraction of sp³-hybridized carbons (Fsp3) is 0.909. The van der Waals surface area contributed by atoms with Crippen LogP contribution in [0, 0.1) is 5.41 Å². The van der Waals surface area contributed by atoms with Gasteiger partial charge in [0.05, 0.1) is 0 Å². The highest BCUT2D eigenvalue weighted by atomic mass is 16.5. The first kappa shape index (κ1) is 10.6. The molecule has 0 aliphatic heterocycles. The zero-order valence-electron chi connectivity index (χ0n) is 8.93. The van der Waals surface area contributed by atoms with Crippen molar-refractivity contribution in [1.82, 2.24) is 0 Å². The van der Waals surface area contributed by atoms with Gasteiger partial charge in [-0.1, -0.05) is 20.8 Å². The molecule has 0 bridgehead atoms. The average molecular weight is 184 g/mol. The van der Waals surface area contributed by atoms with Gasteiger partial charge in [0.15, 0.2) is 0 Å². The third kappa shape index (κ3) is 3.37. The van der Waals surface area contributed by atoms with E-state index < -0.39 is 0 Å². The molecule has 0 N–H and O–H groups in total. The van der Waals surface area contributed by atoms with Crippen molar-refractivity contribution < 1.29 is 9.53 Å². The maximum absolute atomic E-state index is 11.1. The summed E-state index contributed by atoms with van der Waals surface area (Å²) in [5.41, 5.74) is 0.358. The zero-order valence-corrected chi connectivity index (χ0v) is 8.93. The fourth-order valence-corrected chi connectivity index (χ4v) is 2.00. The van der Waals surface area contributed by atoms with Crippen LogP contribution in [0.4, 0.5) is 0 Å². The van der Waals surface area contributed by atoms with Gasteiger partial charge in [0.2, 0.25) is 0 Å². The summed E-state index contributed by atoms with van der Waals surface area (Å²) < 4.78 is 5.34. The van der Waals surface area contributed by atoms with Crippen LogP contribution in [0.2, 0.25) is 0 Å². The normalized spacial score (nSPS) is 26.8. The Kier molecular flexibility index (Phi) is 3.34. The Hall–Kier alpha value is -0.530. The van der Waals surface area contributed by atoms with E-state index in [1.54, 1.807) is 0 Å². The van der Waals surface area contributed by atoms with Gasteiger partial charge in [-0.3, -0.25) is 4.79 Å². The summed E-state index contributed by atoms with van der Waals surface area (Å²) >= 11 is 0. The Bertz CT molecular complexity index is 185. The number of carbonyl (C=O) groups is 1. The second-order valence-corrected chi connectivity index (χ2v) is 4.73. The Morgan fingerprint density at radius 2 is 2.23 bits per heavy atom. The molecule has 0 aromatic rings. The van der Waals surface area contributed by atoms with Crippen molar-refractivity contribution in [3.63, 3.8) is 0 Å². The third-order valence-electron chi connectivity index (χ3n) is 2.75. The molecule has 0 heterocycles. The van der Waals surface area contributed by atoms with Gasteiger partial charge in [0.25, 0.3) is 0 Å². The number of rotatable bonds is 2. The maximum Gasteiger partial charge on any atom is 0.305 e. The van der Waals surface area contributed by atoms with Crippen LogP contribution in [-0.2, 0) is 9.53 Å². The first-order valence-electron chi connectivity index (χ1n) is 5.23. The van der Waals surface area contributed by atoms with Gasteiger partial charge < -0.3 is 4.74 Å². The second-order valence-electron chi connectivity index (χ2n) is 4.73. The summed E-state index contributed by atoms with van der Waals surface area (Å²) in [5.74, 6) is -0.0531. The Morgan fingerprint density at radius 3 is 2.77 bits per heavy atom. The molecule has 0 amide bonds. The van der Waals surface area contributed by atoms with E-state index in [9.17, 15) is 4.79 Å². The van der Waals surface area contributed by atoms with Crippen molar-refractivity contribution in [3.8, 4) is 0 Å². The molecule has 1 saturated carbocycles. The van der Waals surface area contributed by atoms with Crippen molar-refractivity contribution >= 4 is 5.97 Å². The molecule has 2 heteroatoms. The first-order chi connectivity index (χ1) is 6.03. The minimum absolute atomic E-state index is 0.0531. The van der Waals surface area contributed by atoms with Crippen LogP contribution < -0.4 is 0 Å². The lowest BCUT2D eigenvalue weighted by Crippen LogP contribution is -2.29. The lowest BCUT2D eigenvalue weighted by molar-refractivity contribution is -0.151. The Morgan fingerprint density at radius 1 is 1.54 bits per heavy atom. The predicted octanol–water partition coefficient (Wildman–Crippen LogP) is 2.91. The molecule has 1 unspecified atom stereocenters. The van der Waals surface area contributed by atoms with E-state index in [4.69, 9.17) is 4.74 Å². The smallest absolute Gasteiger partial charge is 0.305 e. The quantitative estimate of drug-likeness (QED) is 0.617. The van der Waals surface area contributed by atoms with Crippen molar-refractivity contribution in [1.29, 1.82) is 0 Å². The average Bonchev–Trinajstić information content (AvgIpc) is 2.02. The highest BCUT2D eigenvalue weighted by Gasteiger charge is 2.29. The fourth-order valence-electron chi connectivity index (χ4n) is 2.00. The number of esters is 1. The highest BCUT2D eigenvalue weighted by Crippen LogP contribution is 2.36.